The normalized spacial score (nSPS) is 13.5. The Bertz CT molecular complexity index is 3020. The second kappa shape index (κ2) is 10.4. The third-order valence-electron chi connectivity index (χ3n) is 10.7. The molecular formula is C46H30N2O2S. The zero-order chi connectivity index (χ0) is 33.8. The predicted octanol–water partition coefficient (Wildman–Crippen LogP) is 13.5. The van der Waals surface area contributed by atoms with Gasteiger partial charge in [-0.15, -0.1) is 11.3 Å². The molecule has 10 aromatic rings. The van der Waals surface area contributed by atoms with E-state index >= 15 is 0 Å². The van der Waals surface area contributed by atoms with E-state index in [2.05, 4.69) is 128 Å². The first-order valence-electron chi connectivity index (χ1n) is 17.3. The largest absolute Gasteiger partial charge is 0.456 e. The summed E-state index contributed by atoms with van der Waals surface area (Å²) in [7, 11) is 0. The van der Waals surface area contributed by atoms with Gasteiger partial charge in [0.05, 0.1) is 0 Å². The molecule has 0 saturated heterocycles. The average molecular weight is 675 g/mol. The van der Waals surface area contributed by atoms with Gasteiger partial charge in [-0.05, 0) is 89.0 Å². The standard InChI is InChI=1S/C46H30N2O2S/c1-46(2)37-14-8-6-12-31(37)32-19-16-29(23-38(32)46)48(28-18-21-44-36(22-28)34-13-7-9-15-43(34)51-44)30-17-20-33-35-25-39-42(26-41(35)49-40(33)24-30)50-45(47-39)27-10-4-3-5-11-27/h3-26H,1-2H3. The summed E-state index contributed by atoms with van der Waals surface area (Å²) in [6, 6.07) is 51.9. The highest BCUT2D eigenvalue weighted by atomic mass is 32.1. The molecule has 3 heterocycles. The van der Waals surface area contributed by atoms with E-state index in [1.807, 2.05) is 47.7 Å². The molecule has 0 spiro atoms. The fourth-order valence-corrected chi connectivity index (χ4v) is 9.25. The first-order valence-corrected chi connectivity index (χ1v) is 18.1. The lowest BCUT2D eigenvalue weighted by molar-refractivity contribution is 0.617. The number of oxazole rings is 1. The number of furan rings is 1. The molecule has 242 valence electrons. The summed E-state index contributed by atoms with van der Waals surface area (Å²) < 4.78 is 15.4. The van der Waals surface area contributed by atoms with Crippen molar-refractivity contribution >= 4 is 81.6 Å². The number of fused-ring (bicyclic) bond motifs is 10. The van der Waals surface area contributed by atoms with Crippen molar-refractivity contribution in [2.24, 2.45) is 0 Å². The van der Waals surface area contributed by atoms with Crippen LogP contribution in [0.4, 0.5) is 17.1 Å². The van der Waals surface area contributed by atoms with E-state index in [0.29, 0.717) is 11.5 Å². The smallest absolute Gasteiger partial charge is 0.227 e. The van der Waals surface area contributed by atoms with Crippen molar-refractivity contribution in [1.82, 2.24) is 4.98 Å². The van der Waals surface area contributed by atoms with Gasteiger partial charge < -0.3 is 13.7 Å². The maximum absolute atomic E-state index is 6.59. The Morgan fingerprint density at radius 3 is 2.14 bits per heavy atom. The maximum atomic E-state index is 6.59. The van der Waals surface area contributed by atoms with Gasteiger partial charge in [-0.1, -0.05) is 80.6 Å². The maximum Gasteiger partial charge on any atom is 0.227 e. The van der Waals surface area contributed by atoms with Crippen molar-refractivity contribution < 1.29 is 8.83 Å². The summed E-state index contributed by atoms with van der Waals surface area (Å²) in [5.41, 5.74) is 12.5. The van der Waals surface area contributed by atoms with Gasteiger partial charge in [0.15, 0.2) is 5.58 Å². The minimum absolute atomic E-state index is 0.116. The first kappa shape index (κ1) is 28.6. The van der Waals surface area contributed by atoms with Gasteiger partial charge in [0.1, 0.15) is 16.7 Å². The van der Waals surface area contributed by atoms with Gasteiger partial charge in [-0.2, -0.15) is 0 Å². The van der Waals surface area contributed by atoms with Crippen LogP contribution in [0.1, 0.15) is 25.0 Å². The van der Waals surface area contributed by atoms with Gasteiger partial charge in [0, 0.05) is 71.1 Å². The van der Waals surface area contributed by atoms with Crippen molar-refractivity contribution in [3.8, 4) is 22.6 Å². The van der Waals surface area contributed by atoms with E-state index in [-0.39, 0.29) is 5.41 Å². The molecule has 0 unspecified atom stereocenters. The van der Waals surface area contributed by atoms with Gasteiger partial charge in [-0.3, -0.25) is 0 Å². The van der Waals surface area contributed by atoms with Crippen LogP contribution in [0.25, 0.3) is 75.8 Å². The number of aromatic nitrogens is 1. The monoisotopic (exact) mass is 674 g/mol. The van der Waals surface area contributed by atoms with Crippen LogP contribution in [-0.2, 0) is 5.41 Å². The number of thiophene rings is 1. The number of nitrogens with zero attached hydrogens (tertiary/aromatic N) is 2. The molecule has 0 fully saturated rings. The second-order valence-corrected chi connectivity index (χ2v) is 15.1. The van der Waals surface area contributed by atoms with E-state index in [1.165, 1.54) is 42.4 Å². The zero-order valence-electron chi connectivity index (χ0n) is 28.0. The molecule has 51 heavy (non-hydrogen) atoms. The Hall–Kier alpha value is -6.17. The quantitative estimate of drug-likeness (QED) is 0.186. The lowest BCUT2D eigenvalue weighted by Crippen LogP contribution is -2.16. The van der Waals surface area contributed by atoms with Crippen molar-refractivity contribution in [2.75, 3.05) is 4.90 Å². The molecule has 1 aliphatic carbocycles. The Balaban J connectivity index is 1.09. The Kier molecular flexibility index (Phi) is 5.85. The van der Waals surface area contributed by atoms with Crippen LogP contribution >= 0.6 is 11.3 Å². The molecule has 0 saturated carbocycles. The SMILES string of the molecule is CC1(C)c2ccccc2-c2ccc(N(c3ccc4c(c3)oc3cc5oc(-c6ccccc6)nc5cc34)c3ccc4sc5ccccc5c4c3)cc21. The highest BCUT2D eigenvalue weighted by Gasteiger charge is 2.35. The Morgan fingerprint density at radius 2 is 1.22 bits per heavy atom. The molecule has 0 aliphatic heterocycles. The van der Waals surface area contributed by atoms with Crippen LogP contribution < -0.4 is 4.90 Å². The summed E-state index contributed by atoms with van der Waals surface area (Å²) in [5.74, 6) is 0.608. The molecule has 3 aromatic heterocycles. The van der Waals surface area contributed by atoms with Crippen LogP contribution in [0.5, 0.6) is 0 Å². The van der Waals surface area contributed by atoms with E-state index in [0.717, 1.165) is 50.1 Å². The van der Waals surface area contributed by atoms with Crippen LogP contribution in [0.15, 0.2) is 154 Å². The number of anilines is 3. The molecule has 0 radical (unpaired) electrons. The van der Waals surface area contributed by atoms with E-state index < -0.39 is 0 Å². The number of hydrogen-bond donors (Lipinski definition) is 0. The first-order chi connectivity index (χ1) is 25.0. The van der Waals surface area contributed by atoms with Crippen LogP contribution in [0, 0.1) is 0 Å². The third-order valence-corrected chi connectivity index (χ3v) is 11.8. The fraction of sp³-hybridized carbons (Fsp3) is 0.0652. The molecule has 4 nitrogen and oxygen atoms in total. The van der Waals surface area contributed by atoms with E-state index in [4.69, 9.17) is 13.8 Å². The van der Waals surface area contributed by atoms with Crippen LogP contribution in [-0.4, -0.2) is 4.98 Å². The second-order valence-electron chi connectivity index (χ2n) is 14.0. The summed E-state index contributed by atoms with van der Waals surface area (Å²) in [4.78, 5) is 7.20. The summed E-state index contributed by atoms with van der Waals surface area (Å²) in [6.07, 6.45) is 0. The van der Waals surface area contributed by atoms with Crippen molar-refractivity contribution in [1.29, 1.82) is 0 Å². The van der Waals surface area contributed by atoms with Gasteiger partial charge in [0.25, 0.3) is 0 Å². The highest BCUT2D eigenvalue weighted by molar-refractivity contribution is 7.25. The van der Waals surface area contributed by atoms with E-state index in [1.54, 1.807) is 0 Å². The minimum Gasteiger partial charge on any atom is -0.456 e. The molecule has 0 bridgehead atoms. The highest BCUT2D eigenvalue weighted by Crippen LogP contribution is 2.51. The van der Waals surface area contributed by atoms with Gasteiger partial charge in [0.2, 0.25) is 5.89 Å². The Labute approximate surface area is 297 Å². The van der Waals surface area contributed by atoms with Crippen LogP contribution in [0.3, 0.4) is 0 Å². The molecule has 0 atom stereocenters. The third kappa shape index (κ3) is 4.22. The molecule has 1 aliphatic rings. The zero-order valence-corrected chi connectivity index (χ0v) is 28.8. The van der Waals surface area contributed by atoms with Crippen LogP contribution in [0.2, 0.25) is 0 Å². The molecule has 0 N–H and O–H groups in total. The lowest BCUT2D eigenvalue weighted by atomic mass is 9.82. The molecular weight excluding hydrogens is 645 g/mol. The topological polar surface area (TPSA) is 42.4 Å². The molecule has 7 aromatic carbocycles. The molecule has 11 rings (SSSR count). The van der Waals surface area contributed by atoms with Crippen molar-refractivity contribution in [3.05, 3.63) is 157 Å². The minimum atomic E-state index is -0.116. The fourth-order valence-electron chi connectivity index (χ4n) is 8.16. The average Bonchev–Trinajstić information content (AvgIpc) is 3.91. The lowest BCUT2D eigenvalue weighted by Gasteiger charge is -2.28. The summed E-state index contributed by atoms with van der Waals surface area (Å²) in [6.45, 7) is 4.67. The number of benzene rings is 7. The number of rotatable bonds is 4. The van der Waals surface area contributed by atoms with Crippen molar-refractivity contribution in [3.63, 3.8) is 0 Å². The van der Waals surface area contributed by atoms with Crippen molar-refractivity contribution in [2.45, 2.75) is 19.3 Å². The van der Waals surface area contributed by atoms with E-state index in [9.17, 15) is 0 Å². The van der Waals surface area contributed by atoms with Gasteiger partial charge in [-0.25, -0.2) is 4.98 Å². The Morgan fingerprint density at radius 1 is 0.510 bits per heavy atom. The molecule has 0 amide bonds. The summed E-state index contributed by atoms with van der Waals surface area (Å²) >= 11 is 1.84. The van der Waals surface area contributed by atoms with Gasteiger partial charge >= 0.3 is 0 Å². The predicted molar refractivity (Wildman–Crippen MR) is 212 cm³/mol. The summed E-state index contributed by atoms with van der Waals surface area (Å²) in [5, 5.41) is 4.61. The molecule has 5 heteroatoms. The number of hydrogen-bond acceptors (Lipinski definition) is 5.